The fourth-order valence-electron chi connectivity index (χ4n) is 4.76. The van der Waals surface area contributed by atoms with Gasteiger partial charge in [-0.15, -0.1) is 0 Å². The number of hydrogen-bond acceptors (Lipinski definition) is 5. The Bertz CT molecular complexity index is 1510. The Kier molecular flexibility index (Phi) is 8.45. The topological polar surface area (TPSA) is 65.7 Å². The van der Waals surface area contributed by atoms with E-state index in [0.717, 1.165) is 47.1 Å². The summed E-state index contributed by atoms with van der Waals surface area (Å²) in [5.74, 6) is 2.19. The van der Waals surface area contributed by atoms with E-state index in [1.165, 1.54) is 11.1 Å². The molecule has 0 saturated heterocycles. The molecule has 0 aliphatic heterocycles. The Morgan fingerprint density at radius 1 is 1.03 bits per heavy atom. The standard InChI is InChI=1S/C30H29BrClN3O3/c1-2-37-28-16-21(10-15-27(28)38-19-20-8-12-24(32)13-9-20)18-33-35-29(22-6-4-3-5-7-22)34-26-14-11-23(31)17-25(26)30(35)36/h8-18,22H,2-7,19H2,1H3. The van der Waals surface area contributed by atoms with E-state index in [4.69, 9.17) is 26.1 Å². The predicted octanol–water partition coefficient (Wildman–Crippen LogP) is 7.72. The summed E-state index contributed by atoms with van der Waals surface area (Å²) in [6, 6.07) is 18.8. The molecule has 1 saturated carbocycles. The minimum absolute atomic E-state index is 0.166. The monoisotopic (exact) mass is 593 g/mol. The third-order valence-electron chi connectivity index (χ3n) is 6.70. The van der Waals surface area contributed by atoms with Gasteiger partial charge >= 0.3 is 0 Å². The number of rotatable bonds is 8. The number of halogens is 2. The van der Waals surface area contributed by atoms with Gasteiger partial charge < -0.3 is 9.47 Å². The lowest BCUT2D eigenvalue weighted by molar-refractivity contribution is 0.269. The molecule has 5 rings (SSSR count). The Hall–Kier alpha value is -3.16. The van der Waals surface area contributed by atoms with Crippen molar-refractivity contribution in [2.75, 3.05) is 6.61 Å². The molecule has 8 heteroatoms. The normalized spacial score (nSPS) is 14.3. The number of fused-ring (bicyclic) bond motifs is 1. The lowest BCUT2D eigenvalue weighted by Gasteiger charge is -2.22. The molecule has 0 bridgehead atoms. The van der Waals surface area contributed by atoms with Crippen LogP contribution in [0.1, 0.15) is 61.9 Å². The van der Waals surface area contributed by atoms with E-state index >= 15 is 0 Å². The van der Waals surface area contributed by atoms with E-state index in [2.05, 4.69) is 21.0 Å². The third kappa shape index (κ3) is 6.11. The first-order valence-electron chi connectivity index (χ1n) is 12.9. The van der Waals surface area contributed by atoms with Gasteiger partial charge in [-0.1, -0.05) is 58.9 Å². The molecule has 1 aliphatic rings. The molecule has 3 aromatic carbocycles. The number of nitrogens with zero attached hydrogens (tertiary/aromatic N) is 3. The average Bonchev–Trinajstić information content (AvgIpc) is 2.94. The van der Waals surface area contributed by atoms with Gasteiger partial charge in [0.15, 0.2) is 11.5 Å². The van der Waals surface area contributed by atoms with E-state index in [1.807, 2.05) is 61.5 Å². The molecular weight excluding hydrogens is 566 g/mol. The van der Waals surface area contributed by atoms with Crippen LogP contribution in [0.5, 0.6) is 11.5 Å². The van der Waals surface area contributed by atoms with Crippen molar-refractivity contribution in [2.24, 2.45) is 5.10 Å². The number of aromatic nitrogens is 2. The third-order valence-corrected chi connectivity index (χ3v) is 7.45. The lowest BCUT2D eigenvalue weighted by Crippen LogP contribution is -2.25. The zero-order chi connectivity index (χ0) is 26.5. The summed E-state index contributed by atoms with van der Waals surface area (Å²) in [4.78, 5) is 18.5. The summed E-state index contributed by atoms with van der Waals surface area (Å²) in [7, 11) is 0. The highest BCUT2D eigenvalue weighted by molar-refractivity contribution is 9.10. The van der Waals surface area contributed by atoms with Crippen molar-refractivity contribution < 1.29 is 9.47 Å². The SMILES string of the molecule is CCOc1cc(C=Nn2c(C3CCCCC3)nc3ccc(Br)cc3c2=O)ccc1OCc1ccc(Cl)cc1. The van der Waals surface area contributed by atoms with Crippen LogP contribution in [-0.2, 0) is 6.61 Å². The van der Waals surface area contributed by atoms with Crippen LogP contribution in [0, 0.1) is 0 Å². The highest BCUT2D eigenvalue weighted by Gasteiger charge is 2.22. The van der Waals surface area contributed by atoms with Gasteiger partial charge in [0.25, 0.3) is 5.56 Å². The molecule has 6 nitrogen and oxygen atoms in total. The first kappa shape index (κ1) is 26.4. The molecule has 196 valence electrons. The zero-order valence-corrected chi connectivity index (χ0v) is 23.5. The predicted molar refractivity (Wildman–Crippen MR) is 156 cm³/mol. The van der Waals surface area contributed by atoms with Crippen molar-refractivity contribution in [3.8, 4) is 11.5 Å². The molecular formula is C30H29BrClN3O3. The maximum absolute atomic E-state index is 13.6. The smallest absolute Gasteiger partial charge is 0.282 e. The van der Waals surface area contributed by atoms with Crippen molar-refractivity contribution in [1.82, 2.24) is 9.66 Å². The van der Waals surface area contributed by atoms with Crippen LogP contribution in [0.2, 0.25) is 5.02 Å². The minimum atomic E-state index is -0.166. The van der Waals surface area contributed by atoms with E-state index in [-0.39, 0.29) is 11.5 Å². The summed E-state index contributed by atoms with van der Waals surface area (Å²) < 4.78 is 14.2. The van der Waals surface area contributed by atoms with Gasteiger partial charge in [-0.2, -0.15) is 9.78 Å². The highest BCUT2D eigenvalue weighted by atomic mass is 79.9. The molecule has 0 N–H and O–H groups in total. The van der Waals surface area contributed by atoms with Crippen LogP contribution in [-0.4, -0.2) is 22.5 Å². The summed E-state index contributed by atoms with van der Waals surface area (Å²) in [6.07, 6.45) is 7.20. The van der Waals surface area contributed by atoms with Crippen molar-refractivity contribution in [1.29, 1.82) is 0 Å². The summed E-state index contributed by atoms with van der Waals surface area (Å²) >= 11 is 9.46. The fraction of sp³-hybridized carbons (Fsp3) is 0.300. The quantitative estimate of drug-likeness (QED) is 0.196. The van der Waals surface area contributed by atoms with Gasteiger partial charge in [0, 0.05) is 15.4 Å². The fourth-order valence-corrected chi connectivity index (χ4v) is 5.25. The second kappa shape index (κ2) is 12.1. The molecule has 0 spiro atoms. The highest BCUT2D eigenvalue weighted by Crippen LogP contribution is 2.32. The molecule has 0 atom stereocenters. The van der Waals surface area contributed by atoms with E-state index in [9.17, 15) is 4.79 Å². The van der Waals surface area contributed by atoms with Gasteiger partial charge in [-0.3, -0.25) is 4.79 Å². The van der Waals surface area contributed by atoms with Crippen LogP contribution in [0.3, 0.4) is 0 Å². The molecule has 1 aliphatic carbocycles. The molecule has 38 heavy (non-hydrogen) atoms. The van der Waals surface area contributed by atoms with E-state index < -0.39 is 0 Å². The van der Waals surface area contributed by atoms with Crippen LogP contribution >= 0.6 is 27.5 Å². The zero-order valence-electron chi connectivity index (χ0n) is 21.2. The lowest BCUT2D eigenvalue weighted by atomic mass is 9.88. The van der Waals surface area contributed by atoms with Crippen LogP contribution < -0.4 is 15.0 Å². The van der Waals surface area contributed by atoms with Crippen molar-refractivity contribution in [2.45, 2.75) is 51.6 Å². The maximum Gasteiger partial charge on any atom is 0.282 e. The number of ether oxygens (including phenoxy) is 2. The molecule has 1 fully saturated rings. The first-order chi connectivity index (χ1) is 18.5. The Balaban J connectivity index is 1.46. The van der Waals surface area contributed by atoms with Crippen LogP contribution in [0.25, 0.3) is 10.9 Å². The molecule has 0 amide bonds. The van der Waals surface area contributed by atoms with E-state index in [0.29, 0.717) is 40.6 Å². The number of benzene rings is 3. The van der Waals surface area contributed by atoms with Gasteiger partial charge in [0.2, 0.25) is 0 Å². The summed E-state index contributed by atoms with van der Waals surface area (Å²) in [5, 5.41) is 5.88. The largest absolute Gasteiger partial charge is 0.490 e. The average molecular weight is 595 g/mol. The summed E-state index contributed by atoms with van der Waals surface area (Å²) in [6.45, 7) is 2.81. The maximum atomic E-state index is 13.6. The Labute approximate surface area is 235 Å². The van der Waals surface area contributed by atoms with Crippen molar-refractivity contribution in [3.63, 3.8) is 0 Å². The molecule has 0 unspecified atom stereocenters. The Morgan fingerprint density at radius 2 is 1.82 bits per heavy atom. The van der Waals surface area contributed by atoms with Gasteiger partial charge in [0.1, 0.15) is 12.4 Å². The Morgan fingerprint density at radius 3 is 2.58 bits per heavy atom. The molecule has 1 aromatic heterocycles. The van der Waals surface area contributed by atoms with Crippen molar-refractivity contribution >= 4 is 44.6 Å². The molecule has 1 heterocycles. The van der Waals surface area contributed by atoms with Crippen molar-refractivity contribution in [3.05, 3.63) is 97.5 Å². The van der Waals surface area contributed by atoms with Gasteiger partial charge in [-0.05, 0) is 79.4 Å². The van der Waals surface area contributed by atoms with E-state index in [1.54, 1.807) is 12.3 Å². The minimum Gasteiger partial charge on any atom is -0.490 e. The molecule has 0 radical (unpaired) electrons. The van der Waals surface area contributed by atoms with Gasteiger partial charge in [-0.25, -0.2) is 4.98 Å². The first-order valence-corrected chi connectivity index (χ1v) is 14.1. The summed E-state index contributed by atoms with van der Waals surface area (Å²) in [5.41, 5.74) is 2.34. The second-order valence-corrected chi connectivity index (χ2v) is 10.7. The van der Waals surface area contributed by atoms with Gasteiger partial charge in [0.05, 0.1) is 23.7 Å². The second-order valence-electron chi connectivity index (χ2n) is 9.38. The van der Waals surface area contributed by atoms with Crippen LogP contribution in [0.4, 0.5) is 0 Å². The molecule has 4 aromatic rings. The van der Waals surface area contributed by atoms with Crippen LogP contribution in [0.15, 0.2) is 75.0 Å². The number of hydrogen-bond donors (Lipinski definition) is 0.